The van der Waals surface area contributed by atoms with Crippen LogP contribution in [-0.2, 0) is 11.3 Å². The van der Waals surface area contributed by atoms with Gasteiger partial charge in [-0.25, -0.2) is 0 Å². The van der Waals surface area contributed by atoms with E-state index in [1.165, 1.54) is 5.56 Å². The number of rotatable bonds is 8. The molecule has 0 radical (unpaired) electrons. The second-order valence-corrected chi connectivity index (χ2v) is 5.46. The lowest BCUT2D eigenvalue weighted by atomic mass is 10.1. The van der Waals surface area contributed by atoms with Gasteiger partial charge < -0.3 is 10.1 Å². The van der Waals surface area contributed by atoms with Crippen LogP contribution in [0.3, 0.4) is 0 Å². The van der Waals surface area contributed by atoms with Crippen LogP contribution in [0.5, 0.6) is 0 Å². The third-order valence-electron chi connectivity index (χ3n) is 2.83. The van der Waals surface area contributed by atoms with Crippen molar-refractivity contribution in [3.8, 4) is 0 Å². The molecule has 1 rings (SSSR count). The molecule has 0 saturated carbocycles. The topological polar surface area (TPSA) is 21.3 Å². The van der Waals surface area contributed by atoms with E-state index in [1.807, 2.05) is 13.0 Å². The predicted molar refractivity (Wildman–Crippen MR) is 78.2 cm³/mol. The number of benzene rings is 1. The quantitative estimate of drug-likeness (QED) is 0.725. The van der Waals surface area contributed by atoms with Gasteiger partial charge in [0.1, 0.15) is 0 Å². The van der Waals surface area contributed by atoms with Gasteiger partial charge in [-0.3, -0.25) is 0 Å². The average molecular weight is 270 g/mol. The fraction of sp³-hybridized carbons (Fsp3) is 0.600. The molecule has 0 heterocycles. The Kier molecular flexibility index (Phi) is 7.33. The molecule has 0 fully saturated rings. The van der Waals surface area contributed by atoms with E-state index in [1.54, 1.807) is 0 Å². The predicted octanol–water partition coefficient (Wildman–Crippen LogP) is 3.80. The maximum absolute atomic E-state index is 6.07. The molecule has 2 nitrogen and oxygen atoms in total. The van der Waals surface area contributed by atoms with Crippen LogP contribution in [0.2, 0.25) is 5.02 Å². The van der Waals surface area contributed by atoms with Gasteiger partial charge in [0.25, 0.3) is 0 Å². The van der Waals surface area contributed by atoms with Crippen LogP contribution >= 0.6 is 11.6 Å². The van der Waals surface area contributed by atoms with E-state index in [0.29, 0.717) is 5.92 Å². The summed E-state index contributed by atoms with van der Waals surface area (Å²) < 4.78 is 5.54. The number of aryl methyl sites for hydroxylation is 1. The minimum atomic E-state index is 0.715. The summed E-state index contributed by atoms with van der Waals surface area (Å²) in [7, 11) is 0. The van der Waals surface area contributed by atoms with Gasteiger partial charge in [-0.2, -0.15) is 0 Å². The summed E-state index contributed by atoms with van der Waals surface area (Å²) in [4.78, 5) is 0. The van der Waals surface area contributed by atoms with Crippen molar-refractivity contribution < 1.29 is 4.74 Å². The molecule has 18 heavy (non-hydrogen) atoms. The monoisotopic (exact) mass is 269 g/mol. The molecule has 0 bridgehead atoms. The maximum Gasteiger partial charge on any atom is 0.0591 e. The van der Waals surface area contributed by atoms with E-state index in [-0.39, 0.29) is 0 Å². The van der Waals surface area contributed by atoms with Gasteiger partial charge in [-0.15, -0.1) is 0 Å². The fourth-order valence-corrected chi connectivity index (χ4v) is 1.75. The molecule has 0 spiro atoms. The zero-order valence-electron chi connectivity index (χ0n) is 11.6. The minimum Gasteiger partial charge on any atom is -0.380 e. The largest absolute Gasteiger partial charge is 0.380 e. The summed E-state index contributed by atoms with van der Waals surface area (Å²) in [5.41, 5.74) is 2.34. The Morgan fingerprint density at radius 3 is 2.72 bits per heavy atom. The standard InChI is InChI=1S/C15H24ClNO/c1-12(2)6-8-18-9-7-17-11-14-5-4-13(3)15(16)10-14/h4-5,10,12,17H,6-9,11H2,1-3H3. The molecule has 102 valence electrons. The maximum atomic E-state index is 6.07. The van der Waals surface area contributed by atoms with Crippen molar-refractivity contribution in [2.24, 2.45) is 5.92 Å². The van der Waals surface area contributed by atoms with Crippen molar-refractivity contribution in [1.29, 1.82) is 0 Å². The van der Waals surface area contributed by atoms with Gasteiger partial charge in [0.15, 0.2) is 0 Å². The van der Waals surface area contributed by atoms with Gasteiger partial charge in [0.2, 0.25) is 0 Å². The first kappa shape index (κ1) is 15.5. The van der Waals surface area contributed by atoms with Crippen LogP contribution in [0, 0.1) is 12.8 Å². The molecule has 0 amide bonds. The van der Waals surface area contributed by atoms with Crippen LogP contribution in [0.1, 0.15) is 31.4 Å². The van der Waals surface area contributed by atoms with E-state index in [2.05, 4.69) is 31.3 Å². The van der Waals surface area contributed by atoms with Crippen LogP contribution < -0.4 is 5.32 Å². The first-order valence-electron chi connectivity index (χ1n) is 6.63. The van der Waals surface area contributed by atoms with Crippen molar-refractivity contribution in [2.75, 3.05) is 19.8 Å². The zero-order valence-corrected chi connectivity index (χ0v) is 12.4. The second kappa shape index (κ2) is 8.52. The number of ether oxygens (including phenoxy) is 1. The van der Waals surface area contributed by atoms with E-state index < -0.39 is 0 Å². The van der Waals surface area contributed by atoms with Crippen molar-refractivity contribution in [1.82, 2.24) is 5.32 Å². The average Bonchev–Trinajstić information content (AvgIpc) is 2.32. The normalized spacial score (nSPS) is 11.2. The molecular weight excluding hydrogens is 246 g/mol. The molecule has 0 aliphatic rings. The molecule has 0 saturated heterocycles. The minimum absolute atomic E-state index is 0.715. The van der Waals surface area contributed by atoms with Gasteiger partial charge in [-0.1, -0.05) is 37.6 Å². The highest BCUT2D eigenvalue weighted by Gasteiger charge is 1.98. The SMILES string of the molecule is Cc1ccc(CNCCOCCC(C)C)cc1Cl. The fourth-order valence-electron chi connectivity index (χ4n) is 1.54. The van der Waals surface area contributed by atoms with Gasteiger partial charge >= 0.3 is 0 Å². The lowest BCUT2D eigenvalue weighted by Gasteiger charge is -2.08. The highest BCUT2D eigenvalue weighted by molar-refractivity contribution is 6.31. The van der Waals surface area contributed by atoms with Crippen LogP contribution in [0.15, 0.2) is 18.2 Å². The zero-order chi connectivity index (χ0) is 13.4. The highest BCUT2D eigenvalue weighted by atomic mass is 35.5. The Hall–Kier alpha value is -0.570. The number of nitrogens with one attached hydrogen (secondary N) is 1. The Morgan fingerprint density at radius 2 is 2.06 bits per heavy atom. The summed E-state index contributed by atoms with van der Waals surface area (Å²) in [5, 5.41) is 4.19. The lowest BCUT2D eigenvalue weighted by molar-refractivity contribution is 0.125. The van der Waals surface area contributed by atoms with Gasteiger partial charge in [0.05, 0.1) is 6.61 Å². The molecule has 0 aliphatic carbocycles. The first-order chi connectivity index (χ1) is 8.59. The molecule has 0 aromatic heterocycles. The Bertz CT molecular complexity index is 352. The molecule has 3 heteroatoms. The third-order valence-corrected chi connectivity index (χ3v) is 3.24. The molecule has 0 unspecified atom stereocenters. The summed E-state index contributed by atoms with van der Waals surface area (Å²) in [5.74, 6) is 0.715. The van der Waals surface area contributed by atoms with Crippen LogP contribution in [-0.4, -0.2) is 19.8 Å². The summed E-state index contributed by atoms with van der Waals surface area (Å²) in [6.45, 7) is 9.78. The van der Waals surface area contributed by atoms with Crippen molar-refractivity contribution >= 4 is 11.6 Å². The van der Waals surface area contributed by atoms with Gasteiger partial charge in [-0.05, 0) is 36.5 Å². The summed E-state index contributed by atoms with van der Waals surface area (Å²) in [6, 6.07) is 6.18. The van der Waals surface area contributed by atoms with Crippen LogP contribution in [0.25, 0.3) is 0 Å². The van der Waals surface area contributed by atoms with E-state index >= 15 is 0 Å². The number of hydrogen-bond donors (Lipinski definition) is 1. The lowest BCUT2D eigenvalue weighted by Crippen LogP contribution is -2.19. The molecule has 1 N–H and O–H groups in total. The Balaban J connectivity index is 2.09. The van der Waals surface area contributed by atoms with E-state index in [0.717, 1.165) is 43.3 Å². The van der Waals surface area contributed by atoms with E-state index in [4.69, 9.17) is 16.3 Å². The second-order valence-electron chi connectivity index (χ2n) is 5.06. The van der Waals surface area contributed by atoms with Crippen molar-refractivity contribution in [2.45, 2.75) is 33.7 Å². The van der Waals surface area contributed by atoms with Crippen molar-refractivity contribution in [3.63, 3.8) is 0 Å². The van der Waals surface area contributed by atoms with Crippen LogP contribution in [0.4, 0.5) is 0 Å². The molecule has 1 aromatic rings. The molecular formula is C15H24ClNO. The Morgan fingerprint density at radius 1 is 1.28 bits per heavy atom. The number of hydrogen-bond acceptors (Lipinski definition) is 2. The smallest absolute Gasteiger partial charge is 0.0591 e. The Labute approximate surface area is 116 Å². The third kappa shape index (κ3) is 6.39. The number of halogens is 1. The molecule has 1 aromatic carbocycles. The van der Waals surface area contributed by atoms with Gasteiger partial charge in [0, 0.05) is 24.7 Å². The molecule has 0 atom stereocenters. The molecule has 0 aliphatic heterocycles. The first-order valence-corrected chi connectivity index (χ1v) is 7.01. The summed E-state index contributed by atoms with van der Waals surface area (Å²) in [6.07, 6.45) is 1.13. The van der Waals surface area contributed by atoms with Crippen molar-refractivity contribution in [3.05, 3.63) is 34.3 Å². The highest BCUT2D eigenvalue weighted by Crippen LogP contribution is 2.16. The van der Waals surface area contributed by atoms with E-state index in [9.17, 15) is 0 Å². The summed E-state index contributed by atoms with van der Waals surface area (Å²) >= 11 is 6.07.